The van der Waals surface area contributed by atoms with Gasteiger partial charge in [0.25, 0.3) is 5.24 Å². The molecule has 0 radical (unpaired) electrons. The molecule has 0 saturated carbocycles. The molecule has 8 nitrogen and oxygen atoms in total. The number of imide groups is 1. The van der Waals surface area contributed by atoms with Crippen LogP contribution in [-0.2, 0) is 19.1 Å². The van der Waals surface area contributed by atoms with E-state index in [1.165, 1.54) is 12.0 Å². The fourth-order valence-electron chi connectivity index (χ4n) is 2.87. The van der Waals surface area contributed by atoms with Gasteiger partial charge in [0.2, 0.25) is 5.91 Å². The molecule has 0 spiro atoms. The highest BCUT2D eigenvalue weighted by molar-refractivity contribution is 8.14. The zero-order chi connectivity index (χ0) is 17.9. The minimum Gasteiger partial charge on any atom is -0.467 e. The molecule has 2 saturated heterocycles. The third-order valence-corrected chi connectivity index (χ3v) is 4.95. The average molecular weight is 358 g/mol. The first-order valence-electron chi connectivity index (χ1n) is 7.81. The molecule has 0 unspecified atom stereocenters. The van der Waals surface area contributed by atoms with Gasteiger partial charge in [-0.2, -0.15) is 0 Å². The summed E-state index contributed by atoms with van der Waals surface area (Å²) in [4.78, 5) is 51.0. The van der Waals surface area contributed by atoms with Crippen LogP contribution in [0.4, 0.5) is 9.59 Å². The maximum atomic E-state index is 12.3. The summed E-state index contributed by atoms with van der Waals surface area (Å²) in [7, 11) is 1.23. The molecule has 0 aromatic heterocycles. The van der Waals surface area contributed by atoms with E-state index >= 15 is 0 Å². The lowest BCUT2D eigenvalue weighted by atomic mass is 9.85. The molecular weight excluding hydrogens is 336 g/mol. The van der Waals surface area contributed by atoms with E-state index in [1.807, 2.05) is 13.8 Å². The second-order valence-electron chi connectivity index (χ2n) is 6.26. The van der Waals surface area contributed by atoms with Crippen LogP contribution in [0.15, 0.2) is 0 Å². The van der Waals surface area contributed by atoms with Crippen molar-refractivity contribution >= 4 is 35.0 Å². The van der Waals surface area contributed by atoms with Crippen LogP contribution >= 0.6 is 11.8 Å². The summed E-state index contributed by atoms with van der Waals surface area (Å²) in [5.41, 5.74) is -1.33. The predicted octanol–water partition coefficient (Wildman–Crippen LogP) is 1.48. The Bertz CT molecular complexity index is 526. The molecule has 0 atom stereocenters. The summed E-state index contributed by atoms with van der Waals surface area (Å²) in [5, 5.41) is -0.443. The number of esters is 1. The number of hydrogen-bond acceptors (Lipinski definition) is 7. The third-order valence-electron chi connectivity index (χ3n) is 4.13. The number of thioether (sulfide) groups is 1. The molecule has 3 amide bonds. The van der Waals surface area contributed by atoms with Crippen molar-refractivity contribution in [3.05, 3.63) is 0 Å². The van der Waals surface area contributed by atoms with Gasteiger partial charge >= 0.3 is 12.1 Å². The average Bonchev–Trinajstić information content (AvgIpc) is 2.91. The zero-order valence-corrected chi connectivity index (χ0v) is 14.9. The number of carbonyl (C=O) groups excluding carboxylic acids is 4. The molecule has 2 fully saturated rings. The second kappa shape index (κ2) is 7.42. The number of ether oxygens (including phenoxy) is 2. The Morgan fingerprint density at radius 2 is 1.88 bits per heavy atom. The van der Waals surface area contributed by atoms with E-state index in [2.05, 4.69) is 0 Å². The number of likely N-dealkylation sites (tertiary alicyclic amines) is 1. The van der Waals surface area contributed by atoms with Gasteiger partial charge in [0.1, 0.15) is 0 Å². The minimum atomic E-state index is -1.33. The molecule has 134 valence electrons. The van der Waals surface area contributed by atoms with E-state index in [0.717, 1.165) is 16.7 Å². The third kappa shape index (κ3) is 3.50. The van der Waals surface area contributed by atoms with E-state index in [1.54, 1.807) is 0 Å². The lowest BCUT2D eigenvalue weighted by molar-refractivity contribution is -0.160. The monoisotopic (exact) mass is 358 g/mol. The number of nitrogens with zero attached hydrogens (tertiary/aromatic N) is 2. The molecule has 0 aliphatic carbocycles. The van der Waals surface area contributed by atoms with Crippen molar-refractivity contribution < 1.29 is 28.7 Å². The van der Waals surface area contributed by atoms with Crippen molar-refractivity contribution in [1.29, 1.82) is 0 Å². The minimum absolute atomic E-state index is 0.0255. The molecule has 9 heteroatoms. The van der Waals surface area contributed by atoms with E-state index in [9.17, 15) is 19.2 Å². The van der Waals surface area contributed by atoms with E-state index < -0.39 is 28.7 Å². The van der Waals surface area contributed by atoms with Gasteiger partial charge in [0.15, 0.2) is 5.54 Å². The van der Waals surface area contributed by atoms with E-state index in [0.29, 0.717) is 6.61 Å². The number of rotatable bonds is 4. The molecule has 0 aromatic carbocycles. The van der Waals surface area contributed by atoms with Gasteiger partial charge in [-0.3, -0.25) is 14.5 Å². The van der Waals surface area contributed by atoms with Crippen LogP contribution in [0.25, 0.3) is 0 Å². The molecule has 2 aliphatic heterocycles. The maximum Gasteiger partial charge on any atom is 0.409 e. The largest absolute Gasteiger partial charge is 0.467 e. The molecule has 0 N–H and O–H groups in total. The van der Waals surface area contributed by atoms with Crippen molar-refractivity contribution in [2.75, 3.05) is 32.6 Å². The van der Waals surface area contributed by atoms with Crippen molar-refractivity contribution in [2.24, 2.45) is 5.92 Å². The summed E-state index contributed by atoms with van der Waals surface area (Å²) in [6, 6.07) is 0. The van der Waals surface area contributed by atoms with Crippen molar-refractivity contribution in [3.8, 4) is 0 Å². The Morgan fingerprint density at radius 3 is 2.33 bits per heavy atom. The summed E-state index contributed by atoms with van der Waals surface area (Å²) in [6.45, 7) is 4.63. The normalized spacial score (nSPS) is 20.5. The first kappa shape index (κ1) is 18.6. The van der Waals surface area contributed by atoms with Crippen LogP contribution in [0, 0.1) is 5.92 Å². The van der Waals surface area contributed by atoms with Gasteiger partial charge in [-0.15, -0.1) is 0 Å². The van der Waals surface area contributed by atoms with Crippen LogP contribution in [0.5, 0.6) is 0 Å². The molecule has 0 aromatic rings. The molecule has 2 rings (SSSR count). The smallest absolute Gasteiger partial charge is 0.409 e. The van der Waals surface area contributed by atoms with Crippen LogP contribution in [0.2, 0.25) is 0 Å². The molecule has 2 heterocycles. The zero-order valence-electron chi connectivity index (χ0n) is 14.1. The molecule has 2 aliphatic rings. The van der Waals surface area contributed by atoms with Crippen molar-refractivity contribution in [3.63, 3.8) is 0 Å². The fraction of sp³-hybridized carbons (Fsp3) is 0.733. The van der Waals surface area contributed by atoms with Crippen molar-refractivity contribution in [1.82, 2.24) is 9.80 Å². The predicted molar refractivity (Wildman–Crippen MR) is 86.4 cm³/mol. The lowest BCUT2D eigenvalue weighted by Gasteiger charge is -2.43. The van der Waals surface area contributed by atoms with E-state index in [-0.39, 0.29) is 37.6 Å². The number of methoxy groups -OCH3 is 1. The Labute approximate surface area is 144 Å². The molecule has 24 heavy (non-hydrogen) atoms. The van der Waals surface area contributed by atoms with Crippen LogP contribution in [-0.4, -0.2) is 71.1 Å². The van der Waals surface area contributed by atoms with Gasteiger partial charge in [-0.05, 0) is 18.8 Å². The summed E-state index contributed by atoms with van der Waals surface area (Å²) >= 11 is 0.876. The van der Waals surface area contributed by atoms with Gasteiger partial charge < -0.3 is 14.4 Å². The van der Waals surface area contributed by atoms with Crippen molar-refractivity contribution in [2.45, 2.75) is 32.2 Å². The van der Waals surface area contributed by atoms with Crippen LogP contribution in [0.3, 0.4) is 0 Å². The topological polar surface area (TPSA) is 93.2 Å². The summed E-state index contributed by atoms with van der Waals surface area (Å²) < 4.78 is 10.0. The summed E-state index contributed by atoms with van der Waals surface area (Å²) in [5.74, 6) is -0.768. The second-order valence-corrected chi connectivity index (χ2v) is 7.19. The first-order chi connectivity index (χ1) is 11.3. The quantitative estimate of drug-likeness (QED) is 0.703. The highest BCUT2D eigenvalue weighted by Gasteiger charge is 2.54. The maximum absolute atomic E-state index is 12.3. The van der Waals surface area contributed by atoms with Crippen LogP contribution < -0.4 is 0 Å². The highest BCUT2D eigenvalue weighted by Crippen LogP contribution is 2.36. The summed E-state index contributed by atoms with van der Waals surface area (Å²) in [6.07, 6.45) is -0.154. The van der Waals surface area contributed by atoms with Gasteiger partial charge in [-0.25, -0.2) is 9.59 Å². The number of amides is 3. The Balaban J connectivity index is 2.11. The van der Waals surface area contributed by atoms with Gasteiger partial charge in [0, 0.05) is 13.1 Å². The standard InChI is InChI=1S/C15H22N2O6S/c1-10(2)8-23-13(20)16-6-4-15(5-7-16,12(19)22-3)17-11(18)9-24-14(17)21/h10H,4-9H2,1-3H3. The number of piperidine rings is 1. The van der Waals surface area contributed by atoms with Crippen LogP contribution in [0.1, 0.15) is 26.7 Å². The van der Waals surface area contributed by atoms with E-state index in [4.69, 9.17) is 9.47 Å². The van der Waals surface area contributed by atoms with Gasteiger partial charge in [-0.1, -0.05) is 25.6 Å². The fourth-order valence-corrected chi connectivity index (χ4v) is 3.65. The lowest BCUT2D eigenvalue weighted by Crippen LogP contribution is -2.62. The Hall–Kier alpha value is -1.77. The number of hydrogen-bond donors (Lipinski definition) is 0. The molecular formula is C15H22N2O6S. The Morgan fingerprint density at radius 1 is 1.25 bits per heavy atom. The van der Waals surface area contributed by atoms with Gasteiger partial charge in [0.05, 0.1) is 19.5 Å². The molecule has 0 bridgehead atoms. The Kier molecular flexibility index (Phi) is 5.74. The SMILES string of the molecule is COC(=O)C1(N2C(=O)CSC2=O)CCN(C(=O)OCC(C)C)CC1. The number of carbonyl (C=O) groups is 4. The highest BCUT2D eigenvalue weighted by atomic mass is 32.2. The first-order valence-corrected chi connectivity index (χ1v) is 8.80.